The van der Waals surface area contributed by atoms with Gasteiger partial charge in [0.1, 0.15) is 11.5 Å². The molecule has 2 N–H and O–H groups in total. The smallest absolute Gasteiger partial charge is 0.254 e. The standard InChI is InChI=1S/C24H23FN6O2/c1-30-23(14-5-8-33-9-6-14)19(12-28-30)29-18-3-2-16(17-11-27-24(32)22(17)18)20-13-26-21-10-15(25)4-7-31(20)21/h2-4,7,10,12-14,29H,5-6,8-9,11H2,1H3,(H,27,32). The second-order valence-corrected chi connectivity index (χ2v) is 8.49. The van der Waals surface area contributed by atoms with Crippen molar-refractivity contribution >= 4 is 22.9 Å². The van der Waals surface area contributed by atoms with Gasteiger partial charge < -0.3 is 15.4 Å². The molecule has 0 atom stereocenters. The van der Waals surface area contributed by atoms with Gasteiger partial charge in [0.25, 0.3) is 5.91 Å². The van der Waals surface area contributed by atoms with E-state index in [0.29, 0.717) is 23.7 Å². The van der Waals surface area contributed by atoms with Crippen LogP contribution in [0.1, 0.15) is 40.4 Å². The number of carbonyl (C=O) groups is 1. The molecule has 9 heteroatoms. The summed E-state index contributed by atoms with van der Waals surface area (Å²) in [5, 5.41) is 10.9. The number of nitrogens with zero attached hydrogens (tertiary/aromatic N) is 4. The molecule has 33 heavy (non-hydrogen) atoms. The summed E-state index contributed by atoms with van der Waals surface area (Å²) >= 11 is 0. The van der Waals surface area contributed by atoms with Gasteiger partial charge in [0.2, 0.25) is 0 Å². The molecule has 1 fully saturated rings. The first kappa shape index (κ1) is 19.9. The maximum Gasteiger partial charge on any atom is 0.254 e. The summed E-state index contributed by atoms with van der Waals surface area (Å²) in [6.07, 6.45) is 7.08. The third-order valence-corrected chi connectivity index (χ3v) is 6.58. The average molecular weight is 446 g/mol. The van der Waals surface area contributed by atoms with Gasteiger partial charge in [-0.25, -0.2) is 9.37 Å². The fourth-order valence-corrected chi connectivity index (χ4v) is 4.99. The van der Waals surface area contributed by atoms with Crippen LogP contribution < -0.4 is 10.6 Å². The summed E-state index contributed by atoms with van der Waals surface area (Å²) in [4.78, 5) is 17.2. The van der Waals surface area contributed by atoms with Crippen LogP contribution in [0.3, 0.4) is 0 Å². The number of hydrogen-bond donors (Lipinski definition) is 2. The highest BCUT2D eigenvalue weighted by Crippen LogP contribution is 2.38. The monoisotopic (exact) mass is 446 g/mol. The van der Waals surface area contributed by atoms with Crippen molar-refractivity contribution in [2.45, 2.75) is 25.3 Å². The normalized spacial score (nSPS) is 16.2. The fraction of sp³-hybridized carbons (Fsp3) is 0.292. The zero-order valence-corrected chi connectivity index (χ0v) is 18.1. The Bertz CT molecular complexity index is 1390. The van der Waals surface area contributed by atoms with Gasteiger partial charge in [-0.05, 0) is 30.5 Å². The minimum atomic E-state index is -0.335. The van der Waals surface area contributed by atoms with Crippen molar-refractivity contribution in [3.05, 3.63) is 65.5 Å². The Hall–Kier alpha value is -3.72. The average Bonchev–Trinajstić information content (AvgIpc) is 3.52. The number of pyridine rings is 1. The van der Waals surface area contributed by atoms with E-state index in [1.54, 1.807) is 12.4 Å². The summed E-state index contributed by atoms with van der Waals surface area (Å²) in [5.41, 5.74) is 6.51. The number of nitrogens with one attached hydrogen (secondary N) is 2. The van der Waals surface area contributed by atoms with Crippen molar-refractivity contribution in [2.24, 2.45) is 7.05 Å². The van der Waals surface area contributed by atoms with Gasteiger partial charge >= 0.3 is 0 Å². The molecule has 2 aliphatic heterocycles. The number of rotatable bonds is 4. The van der Waals surface area contributed by atoms with Crippen LogP contribution in [0.4, 0.5) is 15.8 Å². The van der Waals surface area contributed by atoms with Crippen molar-refractivity contribution in [3.63, 3.8) is 0 Å². The maximum absolute atomic E-state index is 13.6. The molecule has 168 valence electrons. The van der Waals surface area contributed by atoms with E-state index in [4.69, 9.17) is 4.74 Å². The van der Waals surface area contributed by atoms with E-state index in [0.717, 1.165) is 59.9 Å². The number of halogens is 1. The molecular formula is C24H23FN6O2. The number of aryl methyl sites for hydroxylation is 1. The van der Waals surface area contributed by atoms with Gasteiger partial charge in [0.15, 0.2) is 0 Å². The van der Waals surface area contributed by atoms with Gasteiger partial charge in [-0.1, -0.05) is 6.07 Å². The lowest BCUT2D eigenvalue weighted by Gasteiger charge is -2.24. The molecule has 5 heterocycles. The van der Waals surface area contributed by atoms with Crippen LogP contribution in [0.2, 0.25) is 0 Å². The minimum Gasteiger partial charge on any atom is -0.381 e. The molecule has 1 amide bonds. The largest absolute Gasteiger partial charge is 0.381 e. The minimum absolute atomic E-state index is 0.120. The van der Waals surface area contributed by atoms with Crippen LogP contribution in [0.15, 0.2) is 42.9 Å². The van der Waals surface area contributed by atoms with Crippen molar-refractivity contribution in [2.75, 3.05) is 18.5 Å². The molecule has 2 aliphatic rings. The Morgan fingerprint density at radius 1 is 1.18 bits per heavy atom. The molecule has 1 aromatic carbocycles. The topological polar surface area (TPSA) is 85.5 Å². The first-order valence-corrected chi connectivity index (χ1v) is 11.0. The van der Waals surface area contributed by atoms with Crippen LogP contribution in [-0.4, -0.2) is 38.3 Å². The molecule has 8 nitrogen and oxygen atoms in total. The SMILES string of the molecule is Cn1ncc(Nc2ccc(-c3cnc4cc(F)ccn34)c3c2C(=O)NC3)c1C1CCOCC1. The predicted molar refractivity (Wildman–Crippen MR) is 121 cm³/mol. The third kappa shape index (κ3) is 3.27. The summed E-state index contributed by atoms with van der Waals surface area (Å²) in [5.74, 6) is -0.0998. The highest BCUT2D eigenvalue weighted by molar-refractivity contribution is 6.06. The van der Waals surface area contributed by atoms with Gasteiger partial charge in [-0.3, -0.25) is 13.9 Å². The first-order chi connectivity index (χ1) is 16.1. The zero-order chi connectivity index (χ0) is 22.5. The number of carbonyl (C=O) groups excluding carboxylic acids is 1. The van der Waals surface area contributed by atoms with Crippen LogP contribution in [0.5, 0.6) is 0 Å². The summed E-state index contributed by atoms with van der Waals surface area (Å²) in [7, 11) is 1.95. The van der Waals surface area contributed by atoms with E-state index in [1.165, 1.54) is 12.1 Å². The van der Waals surface area contributed by atoms with Crippen molar-refractivity contribution < 1.29 is 13.9 Å². The molecule has 0 radical (unpaired) electrons. The molecule has 6 rings (SSSR count). The molecule has 0 saturated carbocycles. The Morgan fingerprint density at radius 2 is 2.03 bits per heavy atom. The lowest BCUT2D eigenvalue weighted by molar-refractivity contribution is 0.0838. The van der Waals surface area contributed by atoms with Gasteiger partial charge in [0, 0.05) is 50.6 Å². The molecular weight excluding hydrogens is 423 g/mol. The van der Waals surface area contributed by atoms with Crippen molar-refractivity contribution in [1.82, 2.24) is 24.5 Å². The lowest BCUT2D eigenvalue weighted by Crippen LogP contribution is -2.18. The van der Waals surface area contributed by atoms with Crippen molar-refractivity contribution in [1.29, 1.82) is 0 Å². The molecule has 0 bridgehead atoms. The number of amides is 1. The molecule has 0 spiro atoms. The Balaban J connectivity index is 1.42. The summed E-state index contributed by atoms with van der Waals surface area (Å²) < 4.78 is 22.9. The number of imidazole rings is 1. The Kier molecular flexibility index (Phi) is 4.65. The fourth-order valence-electron chi connectivity index (χ4n) is 4.99. The maximum atomic E-state index is 13.6. The molecule has 3 aromatic heterocycles. The molecule has 0 aliphatic carbocycles. The van der Waals surface area contributed by atoms with Crippen molar-refractivity contribution in [3.8, 4) is 11.3 Å². The molecule has 0 unspecified atom stereocenters. The number of aromatic nitrogens is 4. The lowest BCUT2D eigenvalue weighted by atomic mass is 9.95. The Morgan fingerprint density at radius 3 is 2.88 bits per heavy atom. The third-order valence-electron chi connectivity index (χ3n) is 6.58. The van der Waals surface area contributed by atoms with Gasteiger partial charge in [-0.15, -0.1) is 0 Å². The highest BCUT2D eigenvalue weighted by Gasteiger charge is 2.29. The number of hydrogen-bond acceptors (Lipinski definition) is 5. The molecule has 1 saturated heterocycles. The van der Waals surface area contributed by atoms with E-state index >= 15 is 0 Å². The van der Waals surface area contributed by atoms with E-state index < -0.39 is 0 Å². The Labute approximate surface area is 189 Å². The zero-order valence-electron chi connectivity index (χ0n) is 18.1. The second-order valence-electron chi connectivity index (χ2n) is 8.49. The summed E-state index contributed by atoms with van der Waals surface area (Å²) in [6, 6.07) is 6.70. The number of ether oxygens (including phenoxy) is 1. The number of anilines is 2. The summed E-state index contributed by atoms with van der Waals surface area (Å²) in [6.45, 7) is 1.91. The van der Waals surface area contributed by atoms with Crippen LogP contribution in [0.25, 0.3) is 16.9 Å². The van der Waals surface area contributed by atoms with Crippen LogP contribution in [-0.2, 0) is 18.3 Å². The van der Waals surface area contributed by atoms with Gasteiger partial charge in [-0.2, -0.15) is 5.10 Å². The highest BCUT2D eigenvalue weighted by atomic mass is 19.1. The van der Waals surface area contributed by atoms with Crippen LogP contribution >= 0.6 is 0 Å². The molecule has 4 aromatic rings. The quantitative estimate of drug-likeness (QED) is 0.499. The van der Waals surface area contributed by atoms with E-state index in [9.17, 15) is 9.18 Å². The second kappa shape index (κ2) is 7.70. The van der Waals surface area contributed by atoms with E-state index in [2.05, 4.69) is 20.7 Å². The van der Waals surface area contributed by atoms with Crippen LogP contribution in [0, 0.1) is 5.82 Å². The number of fused-ring (bicyclic) bond motifs is 2. The predicted octanol–water partition coefficient (Wildman–Crippen LogP) is 3.75. The van der Waals surface area contributed by atoms with Gasteiger partial charge in [0.05, 0.1) is 40.7 Å². The van der Waals surface area contributed by atoms with E-state index in [1.807, 2.05) is 34.5 Å². The first-order valence-electron chi connectivity index (χ1n) is 11.0. The van der Waals surface area contributed by atoms with E-state index in [-0.39, 0.29) is 11.7 Å². The number of benzene rings is 1.